The van der Waals surface area contributed by atoms with Gasteiger partial charge < -0.3 is 0 Å². The zero-order valence-electron chi connectivity index (χ0n) is 11.0. The summed E-state index contributed by atoms with van der Waals surface area (Å²) in [5.41, 5.74) is 4.12. The van der Waals surface area contributed by atoms with Crippen molar-refractivity contribution in [1.82, 2.24) is 0 Å². The van der Waals surface area contributed by atoms with E-state index in [1.807, 2.05) is 60.7 Å². The number of allylic oxidation sites excluding steroid dienone is 1. The molecule has 1 nitrogen and oxygen atoms in total. The average Bonchev–Trinajstić information content (AvgIpc) is 2.72. The second-order valence-electron chi connectivity index (χ2n) is 4.63. The van der Waals surface area contributed by atoms with Gasteiger partial charge in [-0.3, -0.25) is 4.79 Å². The van der Waals surface area contributed by atoms with Gasteiger partial charge in [-0.2, -0.15) is 0 Å². The van der Waals surface area contributed by atoms with Gasteiger partial charge in [-0.15, -0.1) is 0 Å². The first kappa shape index (κ1) is 12.4. The first-order valence-corrected chi connectivity index (χ1v) is 6.60. The fourth-order valence-corrected chi connectivity index (χ4v) is 2.25. The van der Waals surface area contributed by atoms with Crippen LogP contribution in [0.2, 0.25) is 0 Å². The zero-order chi connectivity index (χ0) is 13.8. The van der Waals surface area contributed by atoms with Crippen molar-refractivity contribution in [3.8, 4) is 11.1 Å². The number of hydrogen-bond donors (Lipinski definition) is 0. The highest BCUT2D eigenvalue weighted by atomic mass is 16.1. The van der Waals surface area contributed by atoms with Crippen molar-refractivity contribution < 1.29 is 4.79 Å². The largest absolute Gasteiger partial charge is 0.289 e. The molecule has 20 heavy (non-hydrogen) atoms. The Morgan fingerprint density at radius 3 is 2.25 bits per heavy atom. The highest BCUT2D eigenvalue weighted by Crippen LogP contribution is 2.27. The van der Waals surface area contributed by atoms with Crippen molar-refractivity contribution in [2.75, 3.05) is 0 Å². The molecule has 0 saturated carbocycles. The molecule has 0 heterocycles. The molecule has 0 radical (unpaired) electrons. The molecule has 0 fully saturated rings. The maximum atomic E-state index is 12.1. The van der Waals surface area contributed by atoms with Crippen LogP contribution in [0.1, 0.15) is 15.9 Å². The van der Waals surface area contributed by atoms with Crippen molar-refractivity contribution in [2.45, 2.75) is 0 Å². The van der Waals surface area contributed by atoms with Crippen molar-refractivity contribution in [2.24, 2.45) is 0 Å². The highest BCUT2D eigenvalue weighted by Gasteiger charge is 2.05. The van der Waals surface area contributed by atoms with E-state index < -0.39 is 0 Å². The molecule has 2 aliphatic rings. The predicted molar refractivity (Wildman–Crippen MR) is 82.9 cm³/mol. The molecule has 0 aliphatic heterocycles. The monoisotopic (exact) mass is 258 g/mol. The minimum atomic E-state index is 0.0280. The number of carbonyl (C=O) groups excluding carboxylic acids is 1. The molecule has 0 saturated heterocycles. The third kappa shape index (κ3) is 2.52. The van der Waals surface area contributed by atoms with Crippen LogP contribution < -0.4 is 0 Å². The Balaban J connectivity index is 1.88. The molecule has 96 valence electrons. The third-order valence-corrected chi connectivity index (χ3v) is 3.30. The molecule has 1 heteroatoms. The number of carbonyl (C=O) groups is 1. The zero-order valence-corrected chi connectivity index (χ0v) is 11.0. The van der Waals surface area contributed by atoms with Crippen LogP contribution in [0, 0.1) is 0 Å². The minimum Gasteiger partial charge on any atom is -0.289 e. The summed E-state index contributed by atoms with van der Waals surface area (Å²) in [5.74, 6) is 0.0280. The van der Waals surface area contributed by atoms with E-state index in [2.05, 4.69) is 18.2 Å². The lowest BCUT2D eigenvalue weighted by molar-refractivity contribution is 0.104. The predicted octanol–water partition coefficient (Wildman–Crippen LogP) is 4.69. The van der Waals surface area contributed by atoms with Crippen LogP contribution >= 0.6 is 0 Å². The summed E-state index contributed by atoms with van der Waals surface area (Å²) in [6, 6.07) is 23.6. The molecular formula is C19H14O. The minimum absolute atomic E-state index is 0.0280. The summed E-state index contributed by atoms with van der Waals surface area (Å²) in [5, 5.41) is 0. The standard InChI is InChI=1S/C19H14O/c20-19(17-8-4-1-5-9-17)14-13-16-12-11-15-7-3-2-6-10-18(15)16/h1-14H/b14-13+. The molecule has 0 spiro atoms. The number of ketones is 1. The first-order chi connectivity index (χ1) is 9.84. The molecule has 0 bridgehead atoms. The van der Waals surface area contributed by atoms with Crippen LogP contribution in [0.15, 0.2) is 78.9 Å². The maximum absolute atomic E-state index is 12.1. The van der Waals surface area contributed by atoms with Gasteiger partial charge in [0.15, 0.2) is 5.78 Å². The van der Waals surface area contributed by atoms with Gasteiger partial charge >= 0.3 is 0 Å². The van der Waals surface area contributed by atoms with E-state index in [9.17, 15) is 4.79 Å². The molecule has 1 aromatic carbocycles. The molecule has 1 aromatic rings. The summed E-state index contributed by atoms with van der Waals surface area (Å²) in [7, 11) is 0. The van der Waals surface area contributed by atoms with Gasteiger partial charge in [0.2, 0.25) is 0 Å². The second kappa shape index (κ2) is 5.54. The van der Waals surface area contributed by atoms with Gasteiger partial charge in [0, 0.05) is 5.56 Å². The van der Waals surface area contributed by atoms with Crippen LogP contribution in [0.25, 0.3) is 17.2 Å². The van der Waals surface area contributed by atoms with Crippen molar-refractivity contribution >= 4 is 11.9 Å². The molecule has 2 aliphatic carbocycles. The van der Waals surface area contributed by atoms with Gasteiger partial charge in [-0.25, -0.2) is 0 Å². The smallest absolute Gasteiger partial charge is 0.185 e. The molecule has 0 unspecified atom stereocenters. The molecule has 0 N–H and O–H groups in total. The average molecular weight is 258 g/mol. The Hall–Kier alpha value is -2.67. The Morgan fingerprint density at radius 2 is 1.45 bits per heavy atom. The Bertz CT molecular complexity index is 726. The highest BCUT2D eigenvalue weighted by molar-refractivity contribution is 6.07. The SMILES string of the molecule is O=C(/C=C/c1ccc2cccccc1-2)c1ccccc1. The summed E-state index contributed by atoms with van der Waals surface area (Å²) < 4.78 is 0. The van der Waals surface area contributed by atoms with Gasteiger partial charge in [0.25, 0.3) is 0 Å². The quantitative estimate of drug-likeness (QED) is 0.492. The van der Waals surface area contributed by atoms with Crippen LogP contribution in [0.5, 0.6) is 0 Å². The lowest BCUT2D eigenvalue weighted by Crippen LogP contribution is -1.92. The summed E-state index contributed by atoms with van der Waals surface area (Å²) in [6.07, 6.45) is 3.52. The van der Waals surface area contributed by atoms with Crippen LogP contribution in [-0.2, 0) is 0 Å². The van der Waals surface area contributed by atoms with Crippen molar-refractivity contribution in [1.29, 1.82) is 0 Å². The van der Waals surface area contributed by atoms with E-state index >= 15 is 0 Å². The number of rotatable bonds is 3. The fraction of sp³-hybridized carbons (Fsp3) is 0. The molecule has 0 aromatic heterocycles. The normalized spacial score (nSPS) is 11.0. The summed E-state index contributed by atoms with van der Waals surface area (Å²) in [4.78, 5) is 12.1. The maximum Gasteiger partial charge on any atom is 0.185 e. The molecule has 3 rings (SSSR count). The Kier molecular flexibility index (Phi) is 3.42. The van der Waals surface area contributed by atoms with Crippen LogP contribution in [0.4, 0.5) is 0 Å². The van der Waals surface area contributed by atoms with Gasteiger partial charge in [-0.1, -0.05) is 78.9 Å². The van der Waals surface area contributed by atoms with E-state index in [-0.39, 0.29) is 5.78 Å². The van der Waals surface area contributed by atoms with Gasteiger partial charge in [0.1, 0.15) is 0 Å². The third-order valence-electron chi connectivity index (χ3n) is 3.30. The lowest BCUT2D eigenvalue weighted by Gasteiger charge is -1.96. The number of hydrogen-bond acceptors (Lipinski definition) is 1. The lowest BCUT2D eigenvalue weighted by atomic mass is 10.1. The van der Waals surface area contributed by atoms with E-state index in [0.29, 0.717) is 5.56 Å². The van der Waals surface area contributed by atoms with Crippen molar-refractivity contribution in [3.05, 3.63) is 90.0 Å². The topological polar surface area (TPSA) is 17.1 Å². The van der Waals surface area contributed by atoms with E-state index in [4.69, 9.17) is 0 Å². The van der Waals surface area contributed by atoms with Gasteiger partial charge in [0.05, 0.1) is 0 Å². The van der Waals surface area contributed by atoms with E-state index in [0.717, 1.165) is 11.1 Å². The fourth-order valence-electron chi connectivity index (χ4n) is 2.25. The van der Waals surface area contributed by atoms with Crippen LogP contribution in [0.3, 0.4) is 0 Å². The first-order valence-electron chi connectivity index (χ1n) is 6.60. The molecule has 0 atom stereocenters. The van der Waals surface area contributed by atoms with E-state index in [1.165, 1.54) is 5.56 Å². The Labute approximate surface area is 118 Å². The number of fused-ring (bicyclic) bond motifs is 1. The number of benzene rings is 1. The molecule has 0 amide bonds. The summed E-state index contributed by atoms with van der Waals surface area (Å²) in [6.45, 7) is 0. The summed E-state index contributed by atoms with van der Waals surface area (Å²) >= 11 is 0. The second-order valence-corrected chi connectivity index (χ2v) is 4.63. The van der Waals surface area contributed by atoms with Crippen molar-refractivity contribution in [3.63, 3.8) is 0 Å². The van der Waals surface area contributed by atoms with Crippen LogP contribution in [-0.4, -0.2) is 5.78 Å². The Morgan fingerprint density at radius 1 is 0.750 bits per heavy atom. The van der Waals surface area contributed by atoms with E-state index in [1.54, 1.807) is 6.08 Å². The molecular weight excluding hydrogens is 244 g/mol. The van der Waals surface area contributed by atoms with Gasteiger partial charge in [-0.05, 0) is 22.8 Å².